The molecule has 1 aliphatic heterocycles. The van der Waals surface area contributed by atoms with Crippen molar-refractivity contribution in [1.82, 2.24) is 10.3 Å². The molecule has 0 unspecified atom stereocenters. The Morgan fingerprint density at radius 3 is 2.42 bits per heavy atom. The van der Waals surface area contributed by atoms with Gasteiger partial charge in [0.15, 0.2) is 0 Å². The van der Waals surface area contributed by atoms with Crippen molar-refractivity contribution < 1.29 is 13.2 Å². The lowest BCUT2D eigenvalue weighted by molar-refractivity contribution is -0.119. The van der Waals surface area contributed by atoms with Crippen LogP contribution in [0.2, 0.25) is 5.02 Å². The molecule has 0 atom stereocenters. The number of rotatable bonds is 5. The normalized spacial score (nSPS) is 15.9. The Kier molecular flexibility index (Phi) is 6.20. The highest BCUT2D eigenvalue weighted by molar-refractivity contribution is 7.92. The van der Waals surface area contributed by atoms with Crippen molar-refractivity contribution in [2.24, 2.45) is 5.10 Å². The first-order valence-corrected chi connectivity index (χ1v) is 9.74. The molecule has 1 aromatic rings. The van der Waals surface area contributed by atoms with Crippen LogP contribution in [0.3, 0.4) is 0 Å². The molecule has 1 N–H and O–H groups in total. The topological polar surface area (TPSA) is 82.1 Å². The third kappa shape index (κ3) is 5.47. The average molecular weight is 373 g/mol. The zero-order valence-corrected chi connectivity index (χ0v) is 15.3. The van der Waals surface area contributed by atoms with Crippen LogP contribution in [0.5, 0.6) is 0 Å². The van der Waals surface area contributed by atoms with E-state index in [1.165, 1.54) is 0 Å². The molecule has 0 saturated carbocycles. The van der Waals surface area contributed by atoms with Crippen LogP contribution in [0.1, 0.15) is 12.8 Å². The predicted octanol–water partition coefficient (Wildman–Crippen LogP) is 1.30. The Hall–Kier alpha value is -1.64. The van der Waals surface area contributed by atoms with Crippen molar-refractivity contribution in [2.75, 3.05) is 37.2 Å². The minimum absolute atomic E-state index is 0.336. The van der Waals surface area contributed by atoms with Gasteiger partial charge in [-0.25, -0.2) is 13.8 Å². The number of carbonyl (C=O) groups excluding carboxylic acids is 1. The van der Waals surface area contributed by atoms with Crippen molar-refractivity contribution in [3.63, 3.8) is 0 Å². The van der Waals surface area contributed by atoms with Gasteiger partial charge in [-0.1, -0.05) is 11.6 Å². The summed E-state index contributed by atoms with van der Waals surface area (Å²) in [5.41, 5.74) is 3.74. The third-order valence-corrected chi connectivity index (χ3v) is 5.10. The molecule has 1 aromatic carbocycles. The van der Waals surface area contributed by atoms with Gasteiger partial charge in [0, 0.05) is 36.7 Å². The van der Waals surface area contributed by atoms with Gasteiger partial charge in [-0.15, -0.1) is 0 Å². The van der Waals surface area contributed by atoms with Gasteiger partial charge in [-0.2, -0.15) is 5.10 Å². The molecule has 7 nitrogen and oxygen atoms in total. The number of amides is 1. The molecular formula is C15H21ClN4O3S. The Bertz CT molecular complexity index is 709. The van der Waals surface area contributed by atoms with Crippen molar-refractivity contribution in [2.45, 2.75) is 12.8 Å². The second kappa shape index (κ2) is 7.96. The van der Waals surface area contributed by atoms with Gasteiger partial charge in [0.05, 0.1) is 11.9 Å². The quantitative estimate of drug-likeness (QED) is 0.790. The molecule has 132 valence electrons. The number of hydrogen-bond acceptors (Lipinski definition) is 5. The van der Waals surface area contributed by atoms with E-state index in [4.69, 9.17) is 11.6 Å². The van der Waals surface area contributed by atoms with Gasteiger partial charge in [0.25, 0.3) is 5.91 Å². The molecule has 1 saturated heterocycles. The Balaban J connectivity index is 2.03. The standard InChI is InChI=1S/C15H21ClN4O3S/c1-19-9-7-13(8-10-19)17-18-15(21)11-20(24(2,22)23)14-5-3-12(16)4-6-14/h3-6H,7-11H2,1-2H3,(H,18,21). The number of sulfonamides is 1. The van der Waals surface area contributed by atoms with E-state index < -0.39 is 15.9 Å². The Labute approximate surface area is 147 Å². The predicted molar refractivity (Wildman–Crippen MR) is 96.0 cm³/mol. The fourth-order valence-corrected chi connectivity index (χ4v) is 3.29. The van der Waals surface area contributed by atoms with Gasteiger partial charge in [0.2, 0.25) is 10.0 Å². The maximum absolute atomic E-state index is 12.1. The number of piperidine rings is 1. The number of hydrazone groups is 1. The van der Waals surface area contributed by atoms with Crippen LogP contribution in [-0.2, 0) is 14.8 Å². The third-order valence-electron chi connectivity index (χ3n) is 3.71. The SMILES string of the molecule is CN1CCC(=NNC(=O)CN(c2ccc(Cl)cc2)S(C)(=O)=O)CC1. The summed E-state index contributed by atoms with van der Waals surface area (Å²) in [5.74, 6) is -0.484. The smallest absolute Gasteiger partial charge is 0.260 e. The van der Waals surface area contributed by atoms with E-state index in [9.17, 15) is 13.2 Å². The molecule has 0 bridgehead atoms. The Morgan fingerprint density at radius 1 is 1.29 bits per heavy atom. The van der Waals surface area contributed by atoms with Crippen LogP contribution in [-0.4, -0.2) is 57.9 Å². The average Bonchev–Trinajstić information content (AvgIpc) is 2.52. The number of hydrogen-bond donors (Lipinski definition) is 1. The van der Waals surface area contributed by atoms with E-state index in [0.717, 1.165) is 42.2 Å². The van der Waals surface area contributed by atoms with Gasteiger partial charge in [-0.05, 0) is 31.3 Å². The van der Waals surface area contributed by atoms with Crippen molar-refractivity contribution in [1.29, 1.82) is 0 Å². The molecule has 2 rings (SSSR count). The van der Waals surface area contributed by atoms with Crippen LogP contribution >= 0.6 is 11.6 Å². The summed E-state index contributed by atoms with van der Waals surface area (Å²) in [6.07, 6.45) is 2.64. The second-order valence-corrected chi connectivity index (χ2v) is 8.11. The first-order valence-electron chi connectivity index (χ1n) is 7.52. The molecule has 0 aromatic heterocycles. The lowest BCUT2D eigenvalue weighted by Gasteiger charge is -2.23. The van der Waals surface area contributed by atoms with Crippen molar-refractivity contribution in [3.8, 4) is 0 Å². The summed E-state index contributed by atoms with van der Waals surface area (Å²) in [7, 11) is -1.57. The molecular weight excluding hydrogens is 352 g/mol. The lowest BCUT2D eigenvalue weighted by Crippen LogP contribution is -2.39. The van der Waals surface area contributed by atoms with Gasteiger partial charge >= 0.3 is 0 Å². The first-order chi connectivity index (χ1) is 11.3. The molecule has 0 aliphatic carbocycles. The molecule has 0 radical (unpaired) electrons. The van der Waals surface area contributed by atoms with E-state index in [0.29, 0.717) is 10.7 Å². The molecule has 24 heavy (non-hydrogen) atoms. The monoisotopic (exact) mass is 372 g/mol. The number of carbonyl (C=O) groups is 1. The summed E-state index contributed by atoms with van der Waals surface area (Å²) in [6.45, 7) is 1.46. The molecule has 1 amide bonds. The first kappa shape index (κ1) is 18.7. The summed E-state index contributed by atoms with van der Waals surface area (Å²) < 4.78 is 25.0. The minimum Gasteiger partial charge on any atom is -0.306 e. The highest BCUT2D eigenvalue weighted by atomic mass is 35.5. The van der Waals surface area contributed by atoms with Gasteiger partial charge in [0.1, 0.15) is 6.54 Å². The minimum atomic E-state index is -3.60. The van der Waals surface area contributed by atoms with Crippen LogP contribution in [0.25, 0.3) is 0 Å². The zero-order chi connectivity index (χ0) is 17.7. The van der Waals surface area contributed by atoms with E-state index in [2.05, 4.69) is 15.4 Å². The number of benzene rings is 1. The summed E-state index contributed by atoms with van der Waals surface area (Å²) in [5, 5.41) is 4.60. The van der Waals surface area contributed by atoms with E-state index in [1.54, 1.807) is 24.3 Å². The number of halogens is 1. The van der Waals surface area contributed by atoms with E-state index >= 15 is 0 Å². The van der Waals surface area contributed by atoms with Crippen molar-refractivity contribution in [3.05, 3.63) is 29.3 Å². The van der Waals surface area contributed by atoms with Gasteiger partial charge < -0.3 is 4.90 Å². The second-order valence-electron chi connectivity index (χ2n) is 5.76. The zero-order valence-electron chi connectivity index (χ0n) is 13.7. The van der Waals surface area contributed by atoms with Crippen LogP contribution in [0, 0.1) is 0 Å². The largest absolute Gasteiger partial charge is 0.306 e. The number of nitrogens with zero attached hydrogens (tertiary/aromatic N) is 3. The number of anilines is 1. The maximum atomic E-state index is 12.1. The van der Waals surface area contributed by atoms with Crippen LogP contribution in [0.4, 0.5) is 5.69 Å². The number of likely N-dealkylation sites (tertiary alicyclic amines) is 1. The summed E-state index contributed by atoms with van der Waals surface area (Å²) >= 11 is 5.81. The summed E-state index contributed by atoms with van der Waals surface area (Å²) in [4.78, 5) is 14.3. The number of nitrogens with one attached hydrogen (secondary N) is 1. The summed E-state index contributed by atoms with van der Waals surface area (Å²) in [6, 6.07) is 6.26. The highest BCUT2D eigenvalue weighted by Gasteiger charge is 2.21. The fourth-order valence-electron chi connectivity index (χ4n) is 2.30. The lowest BCUT2D eigenvalue weighted by atomic mass is 10.1. The van der Waals surface area contributed by atoms with Crippen LogP contribution in [0.15, 0.2) is 29.4 Å². The van der Waals surface area contributed by atoms with E-state index in [1.807, 2.05) is 7.05 Å². The molecule has 1 aliphatic rings. The van der Waals surface area contributed by atoms with Crippen LogP contribution < -0.4 is 9.73 Å². The molecule has 1 heterocycles. The van der Waals surface area contributed by atoms with Crippen molar-refractivity contribution >= 4 is 38.9 Å². The molecule has 9 heteroatoms. The maximum Gasteiger partial charge on any atom is 0.260 e. The van der Waals surface area contributed by atoms with E-state index in [-0.39, 0.29) is 6.54 Å². The Morgan fingerprint density at radius 2 is 1.88 bits per heavy atom. The van der Waals surface area contributed by atoms with Gasteiger partial charge in [-0.3, -0.25) is 9.10 Å². The fraction of sp³-hybridized carbons (Fsp3) is 0.467. The highest BCUT2D eigenvalue weighted by Crippen LogP contribution is 2.20. The molecule has 1 fully saturated rings. The molecule has 0 spiro atoms.